The summed E-state index contributed by atoms with van der Waals surface area (Å²) in [6.07, 6.45) is 2.65. The zero-order valence-corrected chi connectivity index (χ0v) is 15.0. The lowest BCUT2D eigenvalue weighted by Gasteiger charge is -2.10. The summed E-state index contributed by atoms with van der Waals surface area (Å²) in [5.41, 5.74) is 0.766. The van der Waals surface area contributed by atoms with Gasteiger partial charge in [0.2, 0.25) is 0 Å². The van der Waals surface area contributed by atoms with Crippen LogP contribution in [0.25, 0.3) is 10.9 Å². The normalized spacial score (nSPS) is 11.4. The van der Waals surface area contributed by atoms with E-state index in [1.165, 1.54) is 24.7 Å². The Balaban J connectivity index is 1.59. The SMILES string of the molecule is CS(=O)(=O)c1ccc(OCCNc2ncnc3cc(Cl)ccc23)cc1. The molecular formula is C17H16ClN3O3S. The number of fused-ring (bicyclic) bond motifs is 1. The number of ether oxygens (including phenoxy) is 1. The van der Waals surface area contributed by atoms with Crippen molar-refractivity contribution >= 4 is 38.2 Å². The lowest BCUT2D eigenvalue weighted by Crippen LogP contribution is -2.12. The van der Waals surface area contributed by atoms with Gasteiger partial charge in [0, 0.05) is 16.7 Å². The van der Waals surface area contributed by atoms with Gasteiger partial charge in [-0.05, 0) is 42.5 Å². The van der Waals surface area contributed by atoms with E-state index in [4.69, 9.17) is 16.3 Å². The van der Waals surface area contributed by atoms with E-state index < -0.39 is 9.84 Å². The Kier molecular flexibility index (Phi) is 5.06. The Morgan fingerprint density at radius 2 is 1.88 bits per heavy atom. The fraction of sp³-hybridized carbons (Fsp3) is 0.176. The topological polar surface area (TPSA) is 81.2 Å². The van der Waals surface area contributed by atoms with Crippen molar-refractivity contribution in [3.63, 3.8) is 0 Å². The molecule has 8 heteroatoms. The van der Waals surface area contributed by atoms with Crippen molar-refractivity contribution < 1.29 is 13.2 Å². The molecule has 1 aromatic heterocycles. The predicted octanol–water partition coefficient (Wildman–Crippen LogP) is 3.18. The molecule has 0 bridgehead atoms. The van der Waals surface area contributed by atoms with E-state index in [1.807, 2.05) is 6.07 Å². The van der Waals surface area contributed by atoms with Crippen LogP contribution in [0.3, 0.4) is 0 Å². The van der Waals surface area contributed by atoms with Crippen LogP contribution in [0, 0.1) is 0 Å². The molecule has 1 N–H and O–H groups in total. The minimum absolute atomic E-state index is 0.268. The molecule has 25 heavy (non-hydrogen) atoms. The molecule has 3 rings (SSSR count). The smallest absolute Gasteiger partial charge is 0.175 e. The van der Waals surface area contributed by atoms with Gasteiger partial charge in [-0.2, -0.15) is 0 Å². The summed E-state index contributed by atoms with van der Waals surface area (Å²) in [5.74, 6) is 1.31. The second-order valence-electron chi connectivity index (χ2n) is 5.40. The Bertz CT molecular complexity index is 992. The van der Waals surface area contributed by atoms with E-state index in [0.717, 1.165) is 10.9 Å². The molecular weight excluding hydrogens is 362 g/mol. The fourth-order valence-corrected chi connectivity index (χ4v) is 3.09. The molecule has 2 aromatic carbocycles. The van der Waals surface area contributed by atoms with Crippen LogP contribution in [0.5, 0.6) is 5.75 Å². The van der Waals surface area contributed by atoms with Gasteiger partial charge in [-0.25, -0.2) is 18.4 Å². The molecule has 0 unspecified atom stereocenters. The van der Waals surface area contributed by atoms with Gasteiger partial charge in [0.15, 0.2) is 9.84 Å². The molecule has 0 radical (unpaired) electrons. The second-order valence-corrected chi connectivity index (χ2v) is 7.85. The summed E-state index contributed by atoms with van der Waals surface area (Å²) in [7, 11) is -3.20. The molecule has 0 aliphatic carbocycles. The number of benzene rings is 2. The molecule has 0 amide bonds. The van der Waals surface area contributed by atoms with Gasteiger partial charge in [-0.1, -0.05) is 11.6 Å². The highest BCUT2D eigenvalue weighted by Gasteiger charge is 2.07. The van der Waals surface area contributed by atoms with Gasteiger partial charge in [0.1, 0.15) is 24.5 Å². The summed E-state index contributed by atoms with van der Waals surface area (Å²) >= 11 is 5.97. The highest BCUT2D eigenvalue weighted by molar-refractivity contribution is 7.90. The summed E-state index contributed by atoms with van der Waals surface area (Å²) in [6, 6.07) is 11.8. The van der Waals surface area contributed by atoms with E-state index in [9.17, 15) is 8.42 Å². The van der Waals surface area contributed by atoms with Gasteiger partial charge >= 0.3 is 0 Å². The zero-order valence-electron chi connectivity index (χ0n) is 13.4. The van der Waals surface area contributed by atoms with Crippen molar-refractivity contribution in [3.05, 3.63) is 53.8 Å². The minimum Gasteiger partial charge on any atom is -0.492 e. The van der Waals surface area contributed by atoms with Crippen LogP contribution in [0.15, 0.2) is 53.7 Å². The van der Waals surface area contributed by atoms with Gasteiger partial charge in [-0.3, -0.25) is 0 Å². The number of anilines is 1. The van der Waals surface area contributed by atoms with Crippen LogP contribution < -0.4 is 10.1 Å². The highest BCUT2D eigenvalue weighted by atomic mass is 35.5. The first-order chi connectivity index (χ1) is 11.9. The van der Waals surface area contributed by atoms with Crippen LogP contribution in [0.1, 0.15) is 0 Å². The number of sulfone groups is 1. The number of nitrogens with zero attached hydrogens (tertiary/aromatic N) is 2. The number of rotatable bonds is 6. The Morgan fingerprint density at radius 1 is 1.12 bits per heavy atom. The lowest BCUT2D eigenvalue weighted by atomic mass is 10.2. The monoisotopic (exact) mass is 377 g/mol. The molecule has 130 valence electrons. The first-order valence-corrected chi connectivity index (χ1v) is 9.77. The van der Waals surface area contributed by atoms with Crippen molar-refractivity contribution in [2.75, 3.05) is 24.7 Å². The van der Waals surface area contributed by atoms with E-state index in [0.29, 0.717) is 29.7 Å². The quantitative estimate of drug-likeness (QED) is 0.664. The Morgan fingerprint density at radius 3 is 2.60 bits per heavy atom. The number of hydrogen-bond donors (Lipinski definition) is 1. The van der Waals surface area contributed by atoms with Crippen molar-refractivity contribution in [1.82, 2.24) is 9.97 Å². The summed E-state index contributed by atoms with van der Waals surface area (Å²) in [6.45, 7) is 0.930. The third-order valence-corrected chi connectivity index (χ3v) is 4.88. The van der Waals surface area contributed by atoms with E-state index in [-0.39, 0.29) is 4.90 Å². The molecule has 0 spiro atoms. The summed E-state index contributed by atoms with van der Waals surface area (Å²) in [4.78, 5) is 8.69. The van der Waals surface area contributed by atoms with Crippen LogP contribution in [0.4, 0.5) is 5.82 Å². The molecule has 0 saturated heterocycles. The van der Waals surface area contributed by atoms with Crippen molar-refractivity contribution in [3.8, 4) is 5.75 Å². The predicted molar refractivity (Wildman–Crippen MR) is 98.1 cm³/mol. The molecule has 3 aromatic rings. The Labute approximate surface area is 150 Å². The number of hydrogen-bond acceptors (Lipinski definition) is 6. The molecule has 0 fully saturated rings. The maximum Gasteiger partial charge on any atom is 0.175 e. The molecule has 6 nitrogen and oxygen atoms in total. The number of nitrogens with one attached hydrogen (secondary N) is 1. The summed E-state index contributed by atoms with van der Waals surface area (Å²) in [5, 5.41) is 4.70. The highest BCUT2D eigenvalue weighted by Crippen LogP contribution is 2.22. The second kappa shape index (κ2) is 7.25. The molecule has 0 saturated carbocycles. The Hall–Kier alpha value is -2.38. The van der Waals surface area contributed by atoms with Crippen LogP contribution in [0.2, 0.25) is 5.02 Å². The van der Waals surface area contributed by atoms with Crippen molar-refractivity contribution in [2.45, 2.75) is 4.90 Å². The fourth-order valence-electron chi connectivity index (χ4n) is 2.29. The minimum atomic E-state index is -3.20. The first-order valence-electron chi connectivity index (χ1n) is 7.50. The van der Waals surface area contributed by atoms with Gasteiger partial charge < -0.3 is 10.1 Å². The third kappa shape index (κ3) is 4.37. The van der Waals surface area contributed by atoms with E-state index in [2.05, 4.69) is 15.3 Å². The zero-order chi connectivity index (χ0) is 17.9. The standard InChI is InChI=1S/C17H16ClN3O3S/c1-25(22,23)14-5-3-13(4-6-14)24-9-8-19-17-15-7-2-12(18)10-16(15)20-11-21-17/h2-7,10-11H,8-9H2,1H3,(H,19,20,21). The number of halogens is 1. The van der Waals surface area contributed by atoms with E-state index >= 15 is 0 Å². The molecule has 0 aliphatic rings. The maximum absolute atomic E-state index is 11.4. The molecule has 0 atom stereocenters. The lowest BCUT2D eigenvalue weighted by molar-refractivity contribution is 0.332. The molecule has 0 aliphatic heterocycles. The first kappa shape index (κ1) is 17.4. The van der Waals surface area contributed by atoms with E-state index in [1.54, 1.807) is 24.3 Å². The van der Waals surface area contributed by atoms with Crippen molar-refractivity contribution in [2.24, 2.45) is 0 Å². The average Bonchev–Trinajstić information content (AvgIpc) is 2.58. The largest absolute Gasteiger partial charge is 0.492 e. The van der Waals surface area contributed by atoms with Gasteiger partial charge in [-0.15, -0.1) is 0 Å². The number of aromatic nitrogens is 2. The van der Waals surface area contributed by atoms with Crippen LogP contribution in [-0.2, 0) is 9.84 Å². The summed E-state index contributed by atoms with van der Waals surface area (Å²) < 4.78 is 28.4. The average molecular weight is 378 g/mol. The van der Waals surface area contributed by atoms with Gasteiger partial charge in [0.25, 0.3) is 0 Å². The van der Waals surface area contributed by atoms with Crippen molar-refractivity contribution in [1.29, 1.82) is 0 Å². The maximum atomic E-state index is 11.4. The van der Waals surface area contributed by atoms with Gasteiger partial charge in [0.05, 0.1) is 17.0 Å². The van der Waals surface area contributed by atoms with Crippen LogP contribution >= 0.6 is 11.6 Å². The van der Waals surface area contributed by atoms with Crippen LogP contribution in [-0.4, -0.2) is 37.8 Å². The third-order valence-electron chi connectivity index (χ3n) is 3.51. The molecule has 1 heterocycles.